The highest BCUT2D eigenvalue weighted by molar-refractivity contribution is 6.07. The summed E-state index contributed by atoms with van der Waals surface area (Å²) in [4.78, 5) is 15.5. The lowest BCUT2D eigenvalue weighted by molar-refractivity contribution is 0.0323. The quantitative estimate of drug-likeness (QED) is 0.254. The van der Waals surface area contributed by atoms with Gasteiger partial charge in [-0.1, -0.05) is 69.7 Å². The standard InChI is InChI=1S/C30H35N5O3.C2H6/c1-21(2)27-20-29(35(33-27)23-10-8-22(3)9-11-23)32-30(36)31-26-12-13-28(25-7-5-4-6-24(25)26)38-19-16-34-14-17-37-18-15-34;1-2/h4-13,20-21H,14-19H2,1-3H3,(H2,31,32,36);1-2H3. The fraction of sp³-hybridized carbons (Fsp3) is 0.375. The van der Waals surface area contributed by atoms with Gasteiger partial charge in [0.15, 0.2) is 0 Å². The van der Waals surface area contributed by atoms with E-state index in [0.29, 0.717) is 18.1 Å². The van der Waals surface area contributed by atoms with Crippen LogP contribution in [0.2, 0.25) is 0 Å². The Morgan fingerprint density at radius 1 is 0.975 bits per heavy atom. The van der Waals surface area contributed by atoms with E-state index >= 15 is 0 Å². The molecule has 0 unspecified atom stereocenters. The van der Waals surface area contributed by atoms with Gasteiger partial charge in [0.2, 0.25) is 0 Å². The molecule has 1 saturated heterocycles. The van der Waals surface area contributed by atoms with Gasteiger partial charge in [0.1, 0.15) is 18.2 Å². The number of nitrogens with zero attached hydrogens (tertiary/aromatic N) is 3. The second kappa shape index (κ2) is 14.0. The molecule has 3 aromatic carbocycles. The number of morpholine rings is 1. The molecule has 2 amide bonds. The first-order valence-corrected chi connectivity index (χ1v) is 14.2. The number of urea groups is 1. The van der Waals surface area contributed by atoms with Crippen molar-refractivity contribution in [1.82, 2.24) is 14.7 Å². The number of nitrogens with one attached hydrogen (secondary N) is 2. The summed E-state index contributed by atoms with van der Waals surface area (Å²) < 4.78 is 13.4. The molecule has 0 radical (unpaired) electrons. The third kappa shape index (κ3) is 7.20. The first kappa shape index (κ1) is 29.1. The van der Waals surface area contributed by atoms with Gasteiger partial charge in [-0.15, -0.1) is 0 Å². The van der Waals surface area contributed by atoms with Crippen molar-refractivity contribution >= 4 is 28.3 Å². The molecule has 4 aromatic rings. The second-order valence-electron chi connectivity index (χ2n) is 9.89. The highest BCUT2D eigenvalue weighted by atomic mass is 16.5. The van der Waals surface area contributed by atoms with E-state index in [0.717, 1.165) is 66.3 Å². The lowest BCUT2D eigenvalue weighted by Gasteiger charge is -2.26. The van der Waals surface area contributed by atoms with Crippen molar-refractivity contribution in [3.8, 4) is 11.4 Å². The zero-order valence-corrected chi connectivity index (χ0v) is 24.2. The molecule has 1 fully saturated rings. The van der Waals surface area contributed by atoms with Crippen LogP contribution in [-0.2, 0) is 4.74 Å². The van der Waals surface area contributed by atoms with E-state index < -0.39 is 0 Å². The van der Waals surface area contributed by atoms with Gasteiger partial charge in [-0.3, -0.25) is 10.2 Å². The monoisotopic (exact) mass is 543 g/mol. The van der Waals surface area contributed by atoms with Crippen LogP contribution in [0.3, 0.4) is 0 Å². The Morgan fingerprint density at radius 2 is 1.68 bits per heavy atom. The number of fused-ring (bicyclic) bond motifs is 1. The van der Waals surface area contributed by atoms with Crippen LogP contribution in [-0.4, -0.2) is 60.2 Å². The van der Waals surface area contributed by atoms with Gasteiger partial charge < -0.3 is 14.8 Å². The van der Waals surface area contributed by atoms with E-state index in [4.69, 9.17) is 14.6 Å². The highest BCUT2D eigenvalue weighted by Gasteiger charge is 2.16. The maximum atomic E-state index is 13.2. The van der Waals surface area contributed by atoms with Crippen LogP contribution in [0, 0.1) is 6.92 Å². The molecule has 0 saturated carbocycles. The fourth-order valence-corrected chi connectivity index (χ4v) is 4.54. The Hall–Kier alpha value is -3.88. The average molecular weight is 544 g/mol. The molecule has 1 aliphatic heterocycles. The second-order valence-corrected chi connectivity index (χ2v) is 9.89. The maximum absolute atomic E-state index is 13.2. The number of amides is 2. The van der Waals surface area contributed by atoms with E-state index in [1.807, 2.05) is 87.5 Å². The van der Waals surface area contributed by atoms with Crippen molar-refractivity contribution in [2.45, 2.75) is 40.5 Å². The number of hydrogen-bond donors (Lipinski definition) is 2. The predicted octanol–water partition coefficient (Wildman–Crippen LogP) is 6.84. The summed E-state index contributed by atoms with van der Waals surface area (Å²) in [5.74, 6) is 1.64. The highest BCUT2D eigenvalue weighted by Crippen LogP contribution is 2.32. The number of benzene rings is 3. The van der Waals surface area contributed by atoms with E-state index in [1.54, 1.807) is 4.68 Å². The van der Waals surface area contributed by atoms with Crippen LogP contribution < -0.4 is 15.4 Å². The molecular formula is C32H41N5O3. The summed E-state index contributed by atoms with van der Waals surface area (Å²) in [5, 5.41) is 12.6. The zero-order chi connectivity index (χ0) is 28.5. The van der Waals surface area contributed by atoms with Crippen molar-refractivity contribution in [3.63, 3.8) is 0 Å². The summed E-state index contributed by atoms with van der Waals surface area (Å²) >= 11 is 0. The Labute approximate surface area is 237 Å². The van der Waals surface area contributed by atoms with E-state index in [2.05, 4.69) is 29.4 Å². The average Bonchev–Trinajstić information content (AvgIpc) is 3.40. The Morgan fingerprint density at radius 3 is 2.38 bits per heavy atom. The molecule has 0 spiro atoms. The van der Waals surface area contributed by atoms with Crippen molar-refractivity contribution in [2.75, 3.05) is 50.1 Å². The minimum Gasteiger partial charge on any atom is -0.492 e. The molecule has 0 atom stereocenters. The first-order valence-electron chi connectivity index (χ1n) is 14.2. The summed E-state index contributed by atoms with van der Waals surface area (Å²) in [7, 11) is 0. The van der Waals surface area contributed by atoms with Gasteiger partial charge in [-0.2, -0.15) is 5.10 Å². The third-order valence-electron chi connectivity index (χ3n) is 6.74. The lowest BCUT2D eigenvalue weighted by atomic mass is 10.1. The molecule has 0 aliphatic carbocycles. The first-order chi connectivity index (χ1) is 19.5. The molecule has 5 rings (SSSR count). The summed E-state index contributed by atoms with van der Waals surface area (Å²) in [6.45, 7) is 15.1. The SMILES string of the molecule is CC.Cc1ccc(-n2nc(C(C)C)cc2NC(=O)Nc2ccc(OCCN3CCOCC3)c3ccccc23)cc1. The maximum Gasteiger partial charge on any atom is 0.324 e. The van der Waals surface area contributed by atoms with E-state index in [9.17, 15) is 4.79 Å². The summed E-state index contributed by atoms with van der Waals surface area (Å²) in [5.41, 5.74) is 3.67. The van der Waals surface area contributed by atoms with Crippen LogP contribution >= 0.6 is 0 Å². The number of carbonyl (C=O) groups is 1. The molecule has 212 valence electrons. The van der Waals surface area contributed by atoms with Crippen LogP contribution in [0.25, 0.3) is 16.5 Å². The van der Waals surface area contributed by atoms with Crippen molar-refractivity contribution in [1.29, 1.82) is 0 Å². The fourth-order valence-electron chi connectivity index (χ4n) is 4.54. The Balaban J connectivity index is 0.00000181. The minimum atomic E-state index is -0.334. The number of aryl methyl sites for hydroxylation is 1. The molecule has 2 heterocycles. The van der Waals surface area contributed by atoms with Crippen LogP contribution in [0.1, 0.15) is 44.9 Å². The van der Waals surface area contributed by atoms with Gasteiger partial charge in [0, 0.05) is 36.5 Å². The van der Waals surface area contributed by atoms with Gasteiger partial charge in [0.05, 0.1) is 30.3 Å². The smallest absolute Gasteiger partial charge is 0.324 e. The molecule has 0 bridgehead atoms. The zero-order valence-electron chi connectivity index (χ0n) is 24.2. The summed E-state index contributed by atoms with van der Waals surface area (Å²) in [6.07, 6.45) is 0. The number of hydrogen-bond acceptors (Lipinski definition) is 5. The van der Waals surface area contributed by atoms with Crippen molar-refractivity contribution in [3.05, 3.63) is 78.0 Å². The molecule has 1 aromatic heterocycles. The number of aromatic nitrogens is 2. The molecule has 2 N–H and O–H groups in total. The molecule has 1 aliphatic rings. The van der Waals surface area contributed by atoms with Crippen LogP contribution in [0.4, 0.5) is 16.3 Å². The van der Waals surface area contributed by atoms with Crippen LogP contribution in [0.5, 0.6) is 5.75 Å². The number of carbonyl (C=O) groups excluding carboxylic acids is 1. The Bertz CT molecular complexity index is 1390. The van der Waals surface area contributed by atoms with Gasteiger partial charge in [0.25, 0.3) is 0 Å². The largest absolute Gasteiger partial charge is 0.492 e. The normalized spacial score (nSPS) is 13.6. The van der Waals surface area contributed by atoms with E-state index in [1.165, 1.54) is 0 Å². The molecule has 8 nitrogen and oxygen atoms in total. The molecular weight excluding hydrogens is 502 g/mol. The lowest BCUT2D eigenvalue weighted by Crippen LogP contribution is -2.38. The number of ether oxygens (including phenoxy) is 2. The third-order valence-corrected chi connectivity index (χ3v) is 6.74. The minimum absolute atomic E-state index is 0.227. The topological polar surface area (TPSA) is 80.7 Å². The van der Waals surface area contributed by atoms with Gasteiger partial charge in [-0.25, -0.2) is 9.48 Å². The van der Waals surface area contributed by atoms with Crippen LogP contribution in [0.15, 0.2) is 66.7 Å². The molecule has 8 heteroatoms. The van der Waals surface area contributed by atoms with Crippen molar-refractivity contribution < 1.29 is 14.3 Å². The van der Waals surface area contributed by atoms with Crippen molar-refractivity contribution in [2.24, 2.45) is 0 Å². The van der Waals surface area contributed by atoms with Gasteiger partial charge >= 0.3 is 6.03 Å². The summed E-state index contributed by atoms with van der Waals surface area (Å²) in [6, 6.07) is 21.4. The molecule has 40 heavy (non-hydrogen) atoms. The number of anilines is 2. The number of rotatable bonds is 8. The van der Waals surface area contributed by atoms with E-state index in [-0.39, 0.29) is 11.9 Å². The Kier molecular flexibility index (Phi) is 10.2. The predicted molar refractivity (Wildman–Crippen MR) is 163 cm³/mol. The van der Waals surface area contributed by atoms with Gasteiger partial charge in [-0.05, 0) is 37.1 Å².